The summed E-state index contributed by atoms with van der Waals surface area (Å²) >= 11 is 3.16. The number of carbonyl (C=O) groups excluding carboxylic acids is 2. The van der Waals surface area contributed by atoms with Crippen LogP contribution in [0.5, 0.6) is 17.2 Å². The largest absolute Gasteiger partial charge is 0.494 e. The summed E-state index contributed by atoms with van der Waals surface area (Å²) in [6.45, 7) is 0.268. The maximum Gasteiger partial charge on any atom is 0.181 e. The van der Waals surface area contributed by atoms with E-state index < -0.39 is 5.82 Å². The van der Waals surface area contributed by atoms with E-state index in [2.05, 4.69) is 30.9 Å². The molecule has 2 heterocycles. The molecular formula is C27H23BrFN3O5. The molecule has 10 heteroatoms. The molecule has 0 fully saturated rings. The number of rotatable bonds is 11. The van der Waals surface area contributed by atoms with Gasteiger partial charge in [0.1, 0.15) is 29.6 Å². The highest BCUT2D eigenvalue weighted by molar-refractivity contribution is 9.10. The number of H-pyrrole nitrogens is 1. The first-order valence-electron chi connectivity index (χ1n) is 11.2. The number of nitrogens with one attached hydrogen (secondary N) is 1. The zero-order valence-electron chi connectivity index (χ0n) is 20.1. The Morgan fingerprint density at radius 3 is 2.41 bits per heavy atom. The SMILES string of the molecule is COc1cc(C(=O)CCC(=O)c2ccc(OC)c(-c3ccc(F)c(Br)c3)n2)ccc1OCc1cnc[nH]1. The molecule has 0 amide bonds. The molecule has 0 aliphatic rings. The van der Waals surface area contributed by atoms with Crippen LogP contribution in [-0.2, 0) is 6.61 Å². The molecule has 0 radical (unpaired) electrons. The van der Waals surface area contributed by atoms with Crippen molar-refractivity contribution in [2.45, 2.75) is 19.4 Å². The lowest BCUT2D eigenvalue weighted by atomic mass is 10.0. The second kappa shape index (κ2) is 11.8. The molecule has 1 N–H and O–H groups in total. The van der Waals surface area contributed by atoms with Crippen molar-refractivity contribution in [3.05, 3.63) is 88.3 Å². The minimum absolute atomic E-state index is 0.0124. The van der Waals surface area contributed by atoms with Crippen molar-refractivity contribution in [1.82, 2.24) is 15.0 Å². The normalized spacial score (nSPS) is 10.7. The molecule has 2 aromatic carbocycles. The smallest absolute Gasteiger partial charge is 0.181 e. The molecule has 37 heavy (non-hydrogen) atoms. The standard InChI is InChI=1S/C27H23BrFN3O5/c1-35-25-10-6-21(32-27(25)17-3-5-20(29)19(28)11-17)23(34)8-7-22(33)16-4-9-24(26(12-16)36-2)37-14-18-13-30-15-31-18/h3-6,9-13,15H,7-8,14H2,1-2H3,(H,30,31). The van der Waals surface area contributed by atoms with Gasteiger partial charge in [0.25, 0.3) is 0 Å². The van der Waals surface area contributed by atoms with Crippen molar-refractivity contribution < 1.29 is 28.2 Å². The minimum atomic E-state index is -0.414. The van der Waals surface area contributed by atoms with Crippen molar-refractivity contribution in [2.24, 2.45) is 0 Å². The van der Waals surface area contributed by atoms with Gasteiger partial charge in [-0.25, -0.2) is 14.4 Å². The van der Waals surface area contributed by atoms with Gasteiger partial charge in [-0.15, -0.1) is 0 Å². The first-order chi connectivity index (χ1) is 17.9. The molecule has 0 spiro atoms. The minimum Gasteiger partial charge on any atom is -0.494 e. The lowest BCUT2D eigenvalue weighted by molar-refractivity contribution is 0.0915. The van der Waals surface area contributed by atoms with Crippen LogP contribution >= 0.6 is 15.9 Å². The van der Waals surface area contributed by atoms with Gasteiger partial charge in [0.15, 0.2) is 23.1 Å². The predicted octanol–water partition coefficient (Wildman–Crippen LogP) is 5.82. The lowest BCUT2D eigenvalue weighted by Crippen LogP contribution is -2.08. The van der Waals surface area contributed by atoms with Gasteiger partial charge >= 0.3 is 0 Å². The summed E-state index contributed by atoms with van der Waals surface area (Å²) in [5, 5.41) is 0. The van der Waals surface area contributed by atoms with E-state index >= 15 is 0 Å². The van der Waals surface area contributed by atoms with Crippen LogP contribution in [0.4, 0.5) is 4.39 Å². The Morgan fingerprint density at radius 2 is 1.70 bits per heavy atom. The third kappa shape index (κ3) is 6.21. The van der Waals surface area contributed by atoms with Gasteiger partial charge in [-0.1, -0.05) is 0 Å². The predicted molar refractivity (Wildman–Crippen MR) is 138 cm³/mol. The summed E-state index contributed by atoms with van der Waals surface area (Å²) in [6.07, 6.45) is 3.16. The average molecular weight is 568 g/mol. The van der Waals surface area contributed by atoms with E-state index in [0.29, 0.717) is 34.1 Å². The van der Waals surface area contributed by atoms with E-state index in [4.69, 9.17) is 14.2 Å². The number of carbonyl (C=O) groups is 2. The van der Waals surface area contributed by atoms with Gasteiger partial charge < -0.3 is 19.2 Å². The van der Waals surface area contributed by atoms with Gasteiger partial charge in [-0.3, -0.25) is 9.59 Å². The number of aromatic amines is 1. The van der Waals surface area contributed by atoms with Gasteiger partial charge in [0.05, 0.1) is 36.9 Å². The molecule has 0 saturated carbocycles. The quantitative estimate of drug-likeness (QED) is 0.228. The summed E-state index contributed by atoms with van der Waals surface area (Å²) < 4.78 is 30.4. The summed E-state index contributed by atoms with van der Waals surface area (Å²) in [5.41, 5.74) is 2.36. The van der Waals surface area contributed by atoms with Gasteiger partial charge in [0, 0.05) is 24.0 Å². The van der Waals surface area contributed by atoms with Crippen molar-refractivity contribution in [3.8, 4) is 28.5 Å². The molecule has 0 unspecified atom stereocenters. The molecule has 190 valence electrons. The third-order valence-electron chi connectivity index (χ3n) is 5.56. The number of pyridine rings is 1. The molecule has 0 atom stereocenters. The van der Waals surface area contributed by atoms with E-state index in [-0.39, 0.29) is 41.2 Å². The highest BCUT2D eigenvalue weighted by atomic mass is 79.9. The van der Waals surface area contributed by atoms with Crippen LogP contribution in [0.3, 0.4) is 0 Å². The van der Waals surface area contributed by atoms with Crippen LogP contribution in [0.25, 0.3) is 11.3 Å². The van der Waals surface area contributed by atoms with Crippen LogP contribution in [-0.4, -0.2) is 40.7 Å². The Hall–Kier alpha value is -4.05. The molecular weight excluding hydrogens is 545 g/mol. The van der Waals surface area contributed by atoms with Gasteiger partial charge in [0.2, 0.25) is 0 Å². The Kier molecular flexibility index (Phi) is 8.29. The van der Waals surface area contributed by atoms with Crippen LogP contribution in [0.1, 0.15) is 39.4 Å². The number of nitrogens with zero attached hydrogens (tertiary/aromatic N) is 2. The Balaban J connectivity index is 1.44. The maximum atomic E-state index is 13.7. The Bertz CT molecular complexity index is 1430. The van der Waals surface area contributed by atoms with E-state index in [9.17, 15) is 14.0 Å². The van der Waals surface area contributed by atoms with Crippen molar-refractivity contribution in [2.75, 3.05) is 14.2 Å². The fourth-order valence-corrected chi connectivity index (χ4v) is 3.97. The molecule has 0 aliphatic heterocycles. The second-order valence-corrected chi connectivity index (χ2v) is 8.81. The van der Waals surface area contributed by atoms with E-state index in [1.54, 1.807) is 55.0 Å². The number of methoxy groups -OCH3 is 2. The van der Waals surface area contributed by atoms with E-state index in [1.807, 2.05) is 0 Å². The topological polar surface area (TPSA) is 103 Å². The number of hydrogen-bond acceptors (Lipinski definition) is 7. The van der Waals surface area contributed by atoms with Crippen LogP contribution in [0.15, 0.2) is 65.5 Å². The first-order valence-corrected chi connectivity index (χ1v) is 12.0. The number of ketones is 2. The molecule has 0 aliphatic carbocycles. The third-order valence-corrected chi connectivity index (χ3v) is 6.17. The van der Waals surface area contributed by atoms with E-state index in [0.717, 1.165) is 5.69 Å². The van der Waals surface area contributed by atoms with Gasteiger partial charge in [-0.2, -0.15) is 0 Å². The fourth-order valence-electron chi connectivity index (χ4n) is 3.60. The number of hydrogen-bond donors (Lipinski definition) is 1. The van der Waals surface area contributed by atoms with E-state index in [1.165, 1.54) is 20.3 Å². The maximum absolute atomic E-state index is 13.7. The second-order valence-electron chi connectivity index (χ2n) is 7.95. The number of ether oxygens (including phenoxy) is 3. The molecule has 4 rings (SSSR count). The zero-order valence-corrected chi connectivity index (χ0v) is 21.7. The number of aromatic nitrogens is 3. The monoisotopic (exact) mass is 567 g/mol. The summed E-state index contributed by atoms with van der Waals surface area (Å²) in [6, 6.07) is 12.5. The van der Waals surface area contributed by atoms with Crippen LogP contribution in [0, 0.1) is 5.82 Å². The number of imidazole rings is 1. The molecule has 4 aromatic rings. The molecule has 0 bridgehead atoms. The van der Waals surface area contributed by atoms with Crippen molar-refractivity contribution in [3.63, 3.8) is 0 Å². The molecule has 8 nitrogen and oxygen atoms in total. The lowest BCUT2D eigenvalue weighted by Gasteiger charge is -2.12. The van der Waals surface area contributed by atoms with Crippen molar-refractivity contribution >= 4 is 27.5 Å². The fraction of sp³-hybridized carbons (Fsp3) is 0.185. The average Bonchev–Trinajstić information content (AvgIpc) is 3.45. The molecule has 2 aromatic heterocycles. The Morgan fingerprint density at radius 1 is 0.946 bits per heavy atom. The number of halogens is 2. The van der Waals surface area contributed by atoms with Crippen LogP contribution in [0.2, 0.25) is 0 Å². The number of benzene rings is 2. The summed E-state index contributed by atoms with van der Waals surface area (Å²) in [5.74, 6) is 0.388. The van der Waals surface area contributed by atoms with Gasteiger partial charge in [-0.05, 0) is 64.5 Å². The van der Waals surface area contributed by atoms with Crippen LogP contribution < -0.4 is 14.2 Å². The molecule has 0 saturated heterocycles. The first kappa shape index (κ1) is 26.0. The Labute approximate surface area is 221 Å². The highest BCUT2D eigenvalue weighted by Gasteiger charge is 2.18. The number of Topliss-reactive ketones (excluding diaryl/α,β-unsaturated/α-hetero) is 2. The summed E-state index contributed by atoms with van der Waals surface area (Å²) in [7, 11) is 2.98. The van der Waals surface area contributed by atoms with Crippen molar-refractivity contribution in [1.29, 1.82) is 0 Å². The summed E-state index contributed by atoms with van der Waals surface area (Å²) in [4.78, 5) is 37.0. The highest BCUT2D eigenvalue weighted by Crippen LogP contribution is 2.32. The zero-order chi connectivity index (χ0) is 26.4.